The van der Waals surface area contributed by atoms with Crippen molar-refractivity contribution in [3.63, 3.8) is 0 Å². The topological polar surface area (TPSA) is 77.9 Å². The SMILES string of the molecule is COc1ccc(Cn2nc(Br)c3c(Oc4ccc(-c5nc6ccccc6[nH]5)cc4)ccnc32)cc1. The molecule has 0 aliphatic heterocycles. The normalized spacial score (nSPS) is 11.3. The molecule has 0 amide bonds. The second kappa shape index (κ2) is 8.88. The van der Waals surface area contributed by atoms with Gasteiger partial charge in [-0.1, -0.05) is 24.3 Å². The number of hydrogen-bond acceptors (Lipinski definition) is 5. The lowest BCUT2D eigenvalue weighted by molar-refractivity contribution is 0.414. The molecule has 6 aromatic rings. The number of methoxy groups -OCH3 is 1. The van der Waals surface area contributed by atoms with Crippen molar-refractivity contribution in [1.82, 2.24) is 24.7 Å². The quantitative estimate of drug-likeness (QED) is 0.265. The van der Waals surface area contributed by atoms with Crippen molar-refractivity contribution in [2.45, 2.75) is 6.54 Å². The second-order valence-corrected chi connectivity index (χ2v) is 8.78. The van der Waals surface area contributed by atoms with E-state index in [0.29, 0.717) is 22.6 Å². The Hall–Kier alpha value is -4.17. The molecule has 7 nitrogen and oxygen atoms in total. The van der Waals surface area contributed by atoms with Gasteiger partial charge in [-0.15, -0.1) is 0 Å². The lowest BCUT2D eigenvalue weighted by atomic mass is 10.2. The van der Waals surface area contributed by atoms with Gasteiger partial charge in [0.25, 0.3) is 0 Å². The van der Waals surface area contributed by atoms with E-state index in [1.807, 2.05) is 83.5 Å². The molecule has 172 valence electrons. The Bertz CT molecular complexity index is 1610. The van der Waals surface area contributed by atoms with Crippen LogP contribution in [-0.4, -0.2) is 31.8 Å². The van der Waals surface area contributed by atoms with Crippen LogP contribution < -0.4 is 9.47 Å². The van der Waals surface area contributed by atoms with E-state index in [1.165, 1.54) is 0 Å². The van der Waals surface area contributed by atoms with Gasteiger partial charge in [0.05, 0.1) is 30.1 Å². The molecule has 0 saturated carbocycles. The van der Waals surface area contributed by atoms with Gasteiger partial charge >= 0.3 is 0 Å². The predicted octanol–water partition coefficient (Wildman–Crippen LogP) is 6.59. The summed E-state index contributed by atoms with van der Waals surface area (Å²) in [6, 6.07) is 25.6. The van der Waals surface area contributed by atoms with Crippen LogP contribution in [-0.2, 0) is 6.54 Å². The summed E-state index contributed by atoms with van der Waals surface area (Å²) >= 11 is 3.59. The van der Waals surface area contributed by atoms with Gasteiger partial charge in [-0.25, -0.2) is 14.6 Å². The van der Waals surface area contributed by atoms with Crippen LogP contribution in [0.25, 0.3) is 33.5 Å². The number of ether oxygens (including phenoxy) is 2. The van der Waals surface area contributed by atoms with Crippen molar-refractivity contribution < 1.29 is 9.47 Å². The van der Waals surface area contributed by atoms with Gasteiger partial charge in [-0.2, -0.15) is 5.10 Å². The lowest BCUT2D eigenvalue weighted by Crippen LogP contribution is -2.02. The zero-order valence-corrected chi connectivity index (χ0v) is 20.4. The van der Waals surface area contributed by atoms with Gasteiger partial charge in [-0.05, 0) is 70.0 Å². The van der Waals surface area contributed by atoms with Crippen molar-refractivity contribution in [2.75, 3.05) is 7.11 Å². The van der Waals surface area contributed by atoms with Gasteiger partial charge < -0.3 is 14.5 Å². The molecule has 0 spiro atoms. The van der Waals surface area contributed by atoms with Crippen LogP contribution in [0.1, 0.15) is 5.56 Å². The summed E-state index contributed by atoms with van der Waals surface area (Å²) in [4.78, 5) is 12.6. The zero-order chi connectivity index (χ0) is 23.8. The first-order valence-electron chi connectivity index (χ1n) is 11.0. The fourth-order valence-corrected chi connectivity index (χ4v) is 4.59. The van der Waals surface area contributed by atoms with Gasteiger partial charge in [0.2, 0.25) is 0 Å². The summed E-state index contributed by atoms with van der Waals surface area (Å²) in [5.41, 5.74) is 4.78. The molecular formula is C27H20BrN5O2. The van der Waals surface area contributed by atoms with Gasteiger partial charge in [0.15, 0.2) is 5.65 Å². The fraction of sp³-hybridized carbons (Fsp3) is 0.0741. The van der Waals surface area contributed by atoms with Crippen LogP contribution in [0.15, 0.2) is 89.7 Å². The molecule has 0 aliphatic carbocycles. The number of hydrogen-bond donors (Lipinski definition) is 1. The number of H-pyrrole nitrogens is 1. The van der Waals surface area contributed by atoms with Crippen molar-refractivity contribution in [2.24, 2.45) is 0 Å². The molecule has 0 saturated heterocycles. The molecule has 6 rings (SSSR count). The maximum atomic E-state index is 6.25. The number of benzene rings is 3. The van der Waals surface area contributed by atoms with Crippen LogP contribution in [0.3, 0.4) is 0 Å². The number of rotatable bonds is 6. The van der Waals surface area contributed by atoms with E-state index >= 15 is 0 Å². The van der Waals surface area contributed by atoms with E-state index < -0.39 is 0 Å². The number of imidazole rings is 1. The summed E-state index contributed by atoms with van der Waals surface area (Å²) < 4.78 is 14.0. The summed E-state index contributed by atoms with van der Waals surface area (Å²) in [5.74, 6) is 3.04. The number of aromatic nitrogens is 5. The Morgan fingerprint density at radius 3 is 2.46 bits per heavy atom. The first-order valence-corrected chi connectivity index (χ1v) is 11.8. The molecular weight excluding hydrogens is 506 g/mol. The fourth-order valence-electron chi connectivity index (χ4n) is 4.02. The van der Waals surface area contributed by atoms with Crippen molar-refractivity contribution in [1.29, 1.82) is 0 Å². The van der Waals surface area contributed by atoms with Crippen LogP contribution >= 0.6 is 15.9 Å². The third-order valence-electron chi connectivity index (χ3n) is 5.79. The average molecular weight is 526 g/mol. The zero-order valence-electron chi connectivity index (χ0n) is 18.8. The number of nitrogens with one attached hydrogen (secondary N) is 1. The molecule has 0 bridgehead atoms. The highest BCUT2D eigenvalue weighted by atomic mass is 79.9. The van der Waals surface area contributed by atoms with Crippen molar-refractivity contribution in [3.8, 4) is 28.6 Å². The highest BCUT2D eigenvalue weighted by Crippen LogP contribution is 2.34. The highest BCUT2D eigenvalue weighted by molar-refractivity contribution is 9.10. The Balaban J connectivity index is 1.27. The van der Waals surface area contributed by atoms with Gasteiger partial charge in [0.1, 0.15) is 27.7 Å². The first kappa shape index (κ1) is 21.4. The van der Waals surface area contributed by atoms with E-state index in [0.717, 1.165) is 44.8 Å². The third kappa shape index (κ3) is 4.13. The molecule has 3 aromatic heterocycles. The maximum Gasteiger partial charge on any atom is 0.163 e. The molecule has 8 heteroatoms. The smallest absolute Gasteiger partial charge is 0.163 e. The largest absolute Gasteiger partial charge is 0.497 e. The third-order valence-corrected chi connectivity index (χ3v) is 6.34. The van der Waals surface area contributed by atoms with E-state index in [9.17, 15) is 0 Å². The standard InChI is InChI=1S/C27H20BrN5O2/c1-34-19-10-6-17(7-11-19)16-33-27-24(25(28)32-33)23(14-15-29-27)35-20-12-8-18(9-13-20)26-30-21-4-2-3-5-22(21)31-26/h2-15H,16H2,1H3,(H,30,31). The van der Waals surface area contributed by atoms with Crippen molar-refractivity contribution >= 4 is 38.0 Å². The second-order valence-electron chi connectivity index (χ2n) is 8.03. The highest BCUT2D eigenvalue weighted by Gasteiger charge is 2.16. The summed E-state index contributed by atoms with van der Waals surface area (Å²) in [6.07, 6.45) is 1.74. The Morgan fingerprint density at radius 1 is 0.914 bits per heavy atom. The van der Waals surface area contributed by atoms with Crippen molar-refractivity contribution in [3.05, 3.63) is 95.2 Å². The number of pyridine rings is 1. The minimum atomic E-state index is 0.578. The van der Waals surface area contributed by atoms with Crippen LogP contribution in [0.5, 0.6) is 17.2 Å². The number of aromatic amines is 1. The first-order chi connectivity index (χ1) is 17.2. The van der Waals surface area contributed by atoms with E-state index in [4.69, 9.17) is 9.47 Å². The van der Waals surface area contributed by atoms with Crippen LogP contribution in [0.4, 0.5) is 0 Å². The molecule has 35 heavy (non-hydrogen) atoms. The molecule has 1 N–H and O–H groups in total. The average Bonchev–Trinajstić information content (AvgIpc) is 3.47. The Labute approximate surface area is 209 Å². The lowest BCUT2D eigenvalue weighted by Gasteiger charge is -2.08. The Morgan fingerprint density at radius 2 is 1.69 bits per heavy atom. The van der Waals surface area contributed by atoms with Gasteiger partial charge in [0, 0.05) is 17.8 Å². The number of halogens is 1. The minimum Gasteiger partial charge on any atom is -0.497 e. The summed E-state index contributed by atoms with van der Waals surface area (Å²) in [7, 11) is 1.66. The summed E-state index contributed by atoms with van der Waals surface area (Å²) in [5, 5.41) is 5.47. The maximum absolute atomic E-state index is 6.25. The molecule has 0 fully saturated rings. The van der Waals surface area contributed by atoms with Crippen LogP contribution in [0, 0.1) is 0 Å². The molecule has 3 heterocycles. The Kier molecular flexibility index (Phi) is 5.42. The van der Waals surface area contributed by atoms with Gasteiger partial charge in [-0.3, -0.25) is 0 Å². The molecule has 0 unspecified atom stereocenters. The molecule has 0 aliphatic rings. The molecule has 3 aromatic carbocycles. The minimum absolute atomic E-state index is 0.578. The monoisotopic (exact) mass is 525 g/mol. The molecule has 0 atom stereocenters. The van der Waals surface area contributed by atoms with E-state index in [2.05, 4.69) is 36.0 Å². The summed E-state index contributed by atoms with van der Waals surface area (Å²) in [6.45, 7) is 0.578. The number of fused-ring (bicyclic) bond motifs is 2. The number of para-hydroxylation sites is 2. The van der Waals surface area contributed by atoms with E-state index in [-0.39, 0.29) is 0 Å². The molecule has 0 radical (unpaired) electrons. The number of nitrogens with zero attached hydrogens (tertiary/aromatic N) is 4. The van der Waals surface area contributed by atoms with Crippen LogP contribution in [0.2, 0.25) is 0 Å². The predicted molar refractivity (Wildman–Crippen MR) is 139 cm³/mol. The van der Waals surface area contributed by atoms with E-state index in [1.54, 1.807) is 13.3 Å².